The molecule has 0 bridgehead atoms. The standard InChI is InChI=1S/C15H17ClN2O3S.C13H18ClN3O4S/c1-2-9-18-10-8-17-14(15(18)19)22(20,21)11-7-12-3-5-13(16)6-4-12;1-2-16-8-10(14)15-12(13(16)19)22(20,21)9-11(18)17-6-4-3-5-7-17/h3-6,8,10H,2,7,9,11H2,1H3;8H,2-7,9H2,1H3. The molecule has 3 aromatic rings. The summed E-state index contributed by atoms with van der Waals surface area (Å²) in [5, 5.41) is -0.533. The highest BCUT2D eigenvalue weighted by molar-refractivity contribution is 7.92. The zero-order valence-corrected chi connectivity index (χ0v) is 27.6. The maximum atomic E-state index is 12.3. The summed E-state index contributed by atoms with van der Waals surface area (Å²) >= 11 is 11.6. The summed E-state index contributed by atoms with van der Waals surface area (Å²) in [5.41, 5.74) is -0.461. The van der Waals surface area contributed by atoms with Gasteiger partial charge in [0.15, 0.2) is 0 Å². The molecule has 1 fully saturated rings. The molecule has 0 spiro atoms. The number of hydrogen-bond donors (Lipinski definition) is 0. The van der Waals surface area contributed by atoms with Crippen molar-refractivity contribution in [2.45, 2.75) is 69.1 Å². The van der Waals surface area contributed by atoms with Crippen molar-refractivity contribution in [3.8, 4) is 0 Å². The van der Waals surface area contributed by atoms with Crippen LogP contribution in [-0.4, -0.2) is 71.3 Å². The zero-order valence-electron chi connectivity index (χ0n) is 24.5. The highest BCUT2D eigenvalue weighted by Gasteiger charge is 2.29. The average molecular weight is 689 g/mol. The molecule has 1 aliphatic rings. The van der Waals surface area contributed by atoms with Crippen molar-refractivity contribution in [1.29, 1.82) is 0 Å². The average Bonchev–Trinajstić information content (AvgIpc) is 2.99. The van der Waals surface area contributed by atoms with E-state index in [9.17, 15) is 31.2 Å². The minimum absolute atomic E-state index is 0.0922. The lowest BCUT2D eigenvalue weighted by atomic mass is 10.1. The van der Waals surface area contributed by atoms with Gasteiger partial charge in [-0.1, -0.05) is 42.3 Å². The first-order valence-electron chi connectivity index (χ1n) is 14.1. The predicted molar refractivity (Wildman–Crippen MR) is 168 cm³/mol. The third-order valence-corrected chi connectivity index (χ3v) is 10.3. The van der Waals surface area contributed by atoms with Gasteiger partial charge in [-0.2, -0.15) is 0 Å². The number of benzene rings is 1. The Morgan fingerprint density at radius 3 is 2.14 bits per heavy atom. The number of aromatic nitrogens is 4. The molecule has 0 unspecified atom stereocenters. The monoisotopic (exact) mass is 687 g/mol. The molecule has 16 heteroatoms. The number of sulfone groups is 2. The Kier molecular flexibility index (Phi) is 12.7. The molecular formula is C28H35Cl2N5O7S2. The fraction of sp³-hybridized carbons (Fsp3) is 0.464. The van der Waals surface area contributed by atoms with Gasteiger partial charge in [0.05, 0.1) is 5.75 Å². The molecule has 12 nitrogen and oxygen atoms in total. The highest BCUT2D eigenvalue weighted by atomic mass is 35.5. The fourth-order valence-electron chi connectivity index (χ4n) is 4.44. The first kappa shape index (κ1) is 35.4. The lowest BCUT2D eigenvalue weighted by Gasteiger charge is -2.26. The second-order valence-electron chi connectivity index (χ2n) is 10.1. The van der Waals surface area contributed by atoms with Crippen LogP contribution in [0.25, 0.3) is 0 Å². The number of hydrogen-bond acceptors (Lipinski definition) is 9. The molecule has 240 valence electrons. The van der Waals surface area contributed by atoms with E-state index in [0.717, 1.165) is 35.8 Å². The number of carbonyl (C=O) groups excluding carboxylic acids is 1. The minimum atomic E-state index is -4.11. The Morgan fingerprint density at radius 1 is 0.886 bits per heavy atom. The SMILES string of the molecule is CCCn1ccnc(S(=O)(=O)CCc2ccc(Cl)cc2)c1=O.CCn1cc(Cl)nc(S(=O)(=O)CC(=O)N2CCCCC2)c1=O. The molecule has 1 aromatic carbocycles. The second kappa shape index (κ2) is 15.8. The van der Waals surface area contributed by atoms with Crippen molar-refractivity contribution < 1.29 is 21.6 Å². The second-order valence-corrected chi connectivity index (χ2v) is 14.8. The van der Waals surface area contributed by atoms with Gasteiger partial charge in [0.25, 0.3) is 11.1 Å². The molecule has 0 saturated carbocycles. The molecule has 4 rings (SSSR count). The van der Waals surface area contributed by atoms with Crippen LogP contribution in [0, 0.1) is 0 Å². The molecule has 0 atom stereocenters. The van der Waals surface area contributed by atoms with Crippen molar-refractivity contribution >= 4 is 48.8 Å². The summed E-state index contributed by atoms with van der Waals surface area (Å²) in [6.45, 7) is 5.45. The Labute approximate surface area is 266 Å². The van der Waals surface area contributed by atoms with Gasteiger partial charge in [0.1, 0.15) is 10.9 Å². The summed E-state index contributed by atoms with van der Waals surface area (Å²) in [4.78, 5) is 45.3. The summed E-state index contributed by atoms with van der Waals surface area (Å²) < 4.78 is 51.9. The molecule has 3 heterocycles. The maximum Gasteiger partial charge on any atom is 0.288 e. The summed E-state index contributed by atoms with van der Waals surface area (Å²) in [6.07, 6.45) is 7.95. The number of likely N-dealkylation sites (tertiary alicyclic amines) is 1. The van der Waals surface area contributed by atoms with Crippen LogP contribution >= 0.6 is 23.2 Å². The number of nitrogens with zero attached hydrogens (tertiary/aromatic N) is 5. The van der Waals surface area contributed by atoms with E-state index in [1.54, 1.807) is 31.2 Å². The fourth-order valence-corrected chi connectivity index (χ4v) is 7.39. The van der Waals surface area contributed by atoms with Gasteiger partial charge in [-0.25, -0.2) is 26.8 Å². The Morgan fingerprint density at radius 2 is 1.52 bits per heavy atom. The smallest absolute Gasteiger partial charge is 0.288 e. The molecule has 0 aliphatic carbocycles. The number of halogens is 2. The molecule has 44 heavy (non-hydrogen) atoms. The van der Waals surface area contributed by atoms with Gasteiger partial charge in [-0.15, -0.1) is 0 Å². The van der Waals surface area contributed by atoms with Crippen molar-refractivity contribution in [3.05, 3.63) is 79.3 Å². The predicted octanol–water partition coefficient (Wildman–Crippen LogP) is 3.03. The number of aryl methyl sites for hydroxylation is 3. The normalized spacial score (nSPS) is 13.7. The van der Waals surface area contributed by atoms with Gasteiger partial charge in [0.2, 0.25) is 35.6 Å². The zero-order chi connectivity index (χ0) is 32.5. The third-order valence-electron chi connectivity index (χ3n) is 6.79. The van der Waals surface area contributed by atoms with E-state index in [1.807, 2.05) is 6.92 Å². The van der Waals surface area contributed by atoms with E-state index in [1.165, 1.54) is 28.1 Å². The van der Waals surface area contributed by atoms with E-state index in [2.05, 4.69) is 9.97 Å². The first-order chi connectivity index (χ1) is 20.8. The number of amides is 1. The van der Waals surface area contributed by atoms with E-state index >= 15 is 0 Å². The molecule has 1 aliphatic heterocycles. The van der Waals surface area contributed by atoms with Crippen LogP contribution in [0.4, 0.5) is 0 Å². The van der Waals surface area contributed by atoms with Gasteiger partial charge in [-0.3, -0.25) is 14.4 Å². The number of rotatable bonds is 10. The molecule has 1 saturated heterocycles. The van der Waals surface area contributed by atoms with E-state index in [4.69, 9.17) is 23.2 Å². The van der Waals surface area contributed by atoms with Crippen LogP contribution in [0.3, 0.4) is 0 Å². The molecule has 0 radical (unpaired) electrons. The lowest BCUT2D eigenvalue weighted by Crippen LogP contribution is -2.40. The van der Waals surface area contributed by atoms with Gasteiger partial charge >= 0.3 is 0 Å². The first-order valence-corrected chi connectivity index (χ1v) is 18.1. The van der Waals surface area contributed by atoms with Gasteiger partial charge < -0.3 is 14.0 Å². The van der Waals surface area contributed by atoms with Crippen molar-refractivity contribution in [2.75, 3.05) is 24.6 Å². The topological polar surface area (TPSA) is 158 Å². The van der Waals surface area contributed by atoms with Crippen LogP contribution in [-0.2, 0) is 44.0 Å². The third kappa shape index (κ3) is 9.46. The van der Waals surface area contributed by atoms with Gasteiger partial charge in [-0.05, 0) is 56.7 Å². The van der Waals surface area contributed by atoms with Crippen LogP contribution < -0.4 is 11.1 Å². The number of piperidine rings is 1. The minimum Gasteiger partial charge on any atom is -0.342 e. The summed E-state index contributed by atoms with van der Waals surface area (Å²) in [5.74, 6) is -1.41. The summed E-state index contributed by atoms with van der Waals surface area (Å²) in [7, 11) is -7.83. The molecule has 0 N–H and O–H groups in total. The Hall–Kier alpha value is -3.07. The number of carbonyl (C=O) groups is 1. The van der Waals surface area contributed by atoms with E-state index in [-0.39, 0.29) is 22.5 Å². The van der Waals surface area contributed by atoms with Gasteiger partial charge in [0, 0.05) is 49.8 Å². The van der Waals surface area contributed by atoms with E-state index < -0.39 is 47.5 Å². The van der Waals surface area contributed by atoms with Crippen LogP contribution in [0.2, 0.25) is 10.2 Å². The summed E-state index contributed by atoms with van der Waals surface area (Å²) in [6, 6.07) is 6.95. The van der Waals surface area contributed by atoms with Crippen LogP contribution in [0.1, 0.15) is 45.1 Å². The maximum absolute atomic E-state index is 12.3. The van der Waals surface area contributed by atoms with Crippen LogP contribution in [0.15, 0.2) is 62.5 Å². The molecule has 1 amide bonds. The molecular weight excluding hydrogens is 653 g/mol. The van der Waals surface area contributed by atoms with E-state index in [0.29, 0.717) is 31.1 Å². The Bertz CT molecular complexity index is 1790. The Balaban J connectivity index is 0.000000240. The lowest BCUT2D eigenvalue weighted by molar-refractivity contribution is -0.129. The van der Waals surface area contributed by atoms with Crippen molar-refractivity contribution in [1.82, 2.24) is 24.0 Å². The van der Waals surface area contributed by atoms with Crippen molar-refractivity contribution in [3.63, 3.8) is 0 Å². The van der Waals surface area contributed by atoms with Crippen LogP contribution in [0.5, 0.6) is 0 Å². The highest BCUT2D eigenvalue weighted by Crippen LogP contribution is 2.14. The largest absolute Gasteiger partial charge is 0.342 e. The molecule has 2 aromatic heterocycles. The van der Waals surface area contributed by atoms with Crippen molar-refractivity contribution in [2.24, 2.45) is 0 Å². The quantitative estimate of drug-likeness (QED) is 0.312.